The standard InChI is InChI=1S/C16H24O3/c1-3-5-11-18-15-10-8-7-9-14(15)13-16(17)19-12-6-4-2/h7-10H,3-6,11-13H2,1-2H3. The fourth-order valence-electron chi connectivity index (χ4n) is 1.65. The van der Waals surface area contributed by atoms with E-state index in [2.05, 4.69) is 13.8 Å². The van der Waals surface area contributed by atoms with Gasteiger partial charge in [0.15, 0.2) is 0 Å². The van der Waals surface area contributed by atoms with Crippen molar-refractivity contribution in [1.82, 2.24) is 0 Å². The number of hydrogen-bond donors (Lipinski definition) is 0. The van der Waals surface area contributed by atoms with Gasteiger partial charge in [-0.2, -0.15) is 0 Å². The highest BCUT2D eigenvalue weighted by molar-refractivity contribution is 5.73. The summed E-state index contributed by atoms with van der Waals surface area (Å²) in [5.41, 5.74) is 0.903. The maximum Gasteiger partial charge on any atom is 0.310 e. The number of ether oxygens (including phenoxy) is 2. The van der Waals surface area contributed by atoms with E-state index in [9.17, 15) is 4.79 Å². The van der Waals surface area contributed by atoms with Crippen LogP contribution >= 0.6 is 0 Å². The lowest BCUT2D eigenvalue weighted by atomic mass is 10.1. The molecule has 0 bridgehead atoms. The van der Waals surface area contributed by atoms with Crippen molar-refractivity contribution in [2.75, 3.05) is 13.2 Å². The highest BCUT2D eigenvalue weighted by Crippen LogP contribution is 2.19. The van der Waals surface area contributed by atoms with Gasteiger partial charge in [-0.15, -0.1) is 0 Å². The van der Waals surface area contributed by atoms with E-state index in [1.165, 1.54) is 0 Å². The van der Waals surface area contributed by atoms with Crippen LogP contribution in [0.1, 0.15) is 45.1 Å². The SMILES string of the molecule is CCCCOC(=O)Cc1ccccc1OCCCC. The minimum Gasteiger partial charge on any atom is -0.493 e. The van der Waals surface area contributed by atoms with Crippen molar-refractivity contribution in [3.8, 4) is 5.75 Å². The average molecular weight is 264 g/mol. The first-order valence-electron chi connectivity index (χ1n) is 7.14. The zero-order valence-corrected chi connectivity index (χ0v) is 12.0. The normalized spacial score (nSPS) is 10.2. The molecule has 19 heavy (non-hydrogen) atoms. The lowest BCUT2D eigenvalue weighted by molar-refractivity contribution is -0.142. The monoisotopic (exact) mass is 264 g/mol. The number of hydrogen-bond acceptors (Lipinski definition) is 3. The first-order valence-corrected chi connectivity index (χ1v) is 7.14. The molecule has 0 aromatic heterocycles. The van der Waals surface area contributed by atoms with E-state index in [1.54, 1.807) is 0 Å². The third-order valence-corrected chi connectivity index (χ3v) is 2.82. The Labute approximate surface area is 115 Å². The summed E-state index contributed by atoms with van der Waals surface area (Å²) in [6, 6.07) is 7.67. The predicted octanol–water partition coefficient (Wildman–Crippen LogP) is 3.75. The number of benzene rings is 1. The molecule has 0 saturated heterocycles. The smallest absolute Gasteiger partial charge is 0.310 e. The largest absolute Gasteiger partial charge is 0.493 e. The van der Waals surface area contributed by atoms with Gasteiger partial charge in [-0.3, -0.25) is 4.79 Å². The summed E-state index contributed by atoms with van der Waals surface area (Å²) in [6.45, 7) is 5.40. The van der Waals surface area contributed by atoms with Gasteiger partial charge in [0.1, 0.15) is 5.75 Å². The second-order valence-electron chi connectivity index (χ2n) is 4.56. The Morgan fingerprint density at radius 1 is 1.05 bits per heavy atom. The molecule has 3 heteroatoms. The van der Waals surface area contributed by atoms with E-state index < -0.39 is 0 Å². The Bertz CT molecular complexity index is 374. The molecule has 0 amide bonds. The van der Waals surface area contributed by atoms with Gasteiger partial charge in [0.05, 0.1) is 19.6 Å². The third kappa shape index (κ3) is 6.27. The Balaban J connectivity index is 2.49. The molecule has 0 aliphatic heterocycles. The number of unbranched alkanes of at least 4 members (excludes halogenated alkanes) is 2. The molecule has 0 atom stereocenters. The fraction of sp³-hybridized carbons (Fsp3) is 0.562. The van der Waals surface area contributed by atoms with Crippen molar-refractivity contribution in [3.63, 3.8) is 0 Å². The van der Waals surface area contributed by atoms with Gasteiger partial charge in [0, 0.05) is 5.56 Å². The van der Waals surface area contributed by atoms with Crippen LogP contribution in [0.15, 0.2) is 24.3 Å². The van der Waals surface area contributed by atoms with Crippen molar-refractivity contribution >= 4 is 5.97 Å². The number of rotatable bonds is 9. The summed E-state index contributed by atoms with van der Waals surface area (Å²) in [4.78, 5) is 11.7. The van der Waals surface area contributed by atoms with E-state index in [0.717, 1.165) is 37.0 Å². The third-order valence-electron chi connectivity index (χ3n) is 2.82. The van der Waals surface area contributed by atoms with E-state index in [1.807, 2.05) is 24.3 Å². The van der Waals surface area contributed by atoms with Gasteiger partial charge in [0.25, 0.3) is 0 Å². The zero-order chi connectivity index (χ0) is 13.9. The molecule has 0 saturated carbocycles. The Hall–Kier alpha value is -1.51. The van der Waals surface area contributed by atoms with Crippen molar-refractivity contribution in [3.05, 3.63) is 29.8 Å². The molecule has 0 spiro atoms. The van der Waals surface area contributed by atoms with E-state index in [0.29, 0.717) is 13.2 Å². The van der Waals surface area contributed by atoms with Crippen molar-refractivity contribution in [2.24, 2.45) is 0 Å². The molecule has 1 aromatic rings. The molecule has 0 aliphatic carbocycles. The molecule has 0 fully saturated rings. The summed E-state index contributed by atoms with van der Waals surface area (Å²) < 4.78 is 10.9. The maximum atomic E-state index is 11.7. The number of carbonyl (C=O) groups is 1. The summed E-state index contributed by atoms with van der Waals surface area (Å²) >= 11 is 0. The molecule has 0 aliphatic rings. The first kappa shape index (κ1) is 15.5. The minimum absolute atomic E-state index is 0.181. The maximum absolute atomic E-state index is 11.7. The second kappa shape index (κ2) is 9.42. The minimum atomic E-state index is -0.181. The molecule has 0 radical (unpaired) electrons. The molecule has 3 nitrogen and oxygen atoms in total. The van der Waals surface area contributed by atoms with E-state index in [-0.39, 0.29) is 12.4 Å². The average Bonchev–Trinajstić information content (AvgIpc) is 2.41. The van der Waals surface area contributed by atoms with Crippen molar-refractivity contribution < 1.29 is 14.3 Å². The summed E-state index contributed by atoms with van der Waals surface area (Å²) in [6.07, 6.45) is 4.35. The topological polar surface area (TPSA) is 35.5 Å². The van der Waals surface area contributed by atoms with Crippen LogP contribution in [0, 0.1) is 0 Å². The number of carbonyl (C=O) groups excluding carboxylic acids is 1. The Morgan fingerprint density at radius 3 is 2.47 bits per heavy atom. The predicted molar refractivity (Wildman–Crippen MR) is 76.4 cm³/mol. The molecule has 1 aromatic carbocycles. The number of esters is 1. The number of para-hydroxylation sites is 1. The van der Waals surface area contributed by atoms with E-state index >= 15 is 0 Å². The molecule has 0 unspecified atom stereocenters. The summed E-state index contributed by atoms with van der Waals surface area (Å²) in [5.74, 6) is 0.614. The van der Waals surface area contributed by atoms with Gasteiger partial charge >= 0.3 is 5.97 Å². The first-order chi connectivity index (χ1) is 9.27. The zero-order valence-electron chi connectivity index (χ0n) is 12.0. The lowest BCUT2D eigenvalue weighted by Crippen LogP contribution is -2.10. The molecular weight excluding hydrogens is 240 g/mol. The van der Waals surface area contributed by atoms with Crippen molar-refractivity contribution in [1.29, 1.82) is 0 Å². The summed E-state index contributed by atoms with van der Waals surface area (Å²) in [5, 5.41) is 0. The van der Waals surface area contributed by atoms with Gasteiger partial charge in [-0.1, -0.05) is 44.9 Å². The van der Waals surface area contributed by atoms with Crippen LogP contribution in [0.4, 0.5) is 0 Å². The van der Waals surface area contributed by atoms with Gasteiger partial charge in [0.2, 0.25) is 0 Å². The molecule has 1 rings (SSSR count). The quantitative estimate of drug-likeness (QED) is 0.503. The molecule has 0 N–H and O–H groups in total. The van der Waals surface area contributed by atoms with Gasteiger partial charge in [-0.25, -0.2) is 0 Å². The van der Waals surface area contributed by atoms with Gasteiger partial charge in [-0.05, 0) is 18.9 Å². The van der Waals surface area contributed by atoms with E-state index in [4.69, 9.17) is 9.47 Å². The van der Waals surface area contributed by atoms with Crippen LogP contribution in [-0.4, -0.2) is 19.2 Å². The van der Waals surface area contributed by atoms with Gasteiger partial charge < -0.3 is 9.47 Å². The lowest BCUT2D eigenvalue weighted by Gasteiger charge is -2.11. The fourth-order valence-corrected chi connectivity index (χ4v) is 1.65. The van der Waals surface area contributed by atoms with Crippen LogP contribution in [0.3, 0.4) is 0 Å². The van der Waals surface area contributed by atoms with Crippen LogP contribution in [0.2, 0.25) is 0 Å². The Morgan fingerprint density at radius 2 is 1.74 bits per heavy atom. The summed E-state index contributed by atoms with van der Waals surface area (Å²) in [7, 11) is 0. The Kier molecular flexibility index (Phi) is 7.71. The second-order valence-corrected chi connectivity index (χ2v) is 4.56. The molecule has 106 valence electrons. The highest BCUT2D eigenvalue weighted by Gasteiger charge is 2.09. The molecular formula is C16H24O3. The van der Waals surface area contributed by atoms with Crippen LogP contribution in [-0.2, 0) is 16.0 Å². The highest BCUT2D eigenvalue weighted by atomic mass is 16.5. The molecule has 0 heterocycles. The van der Waals surface area contributed by atoms with Crippen LogP contribution < -0.4 is 4.74 Å². The van der Waals surface area contributed by atoms with Crippen LogP contribution in [0.25, 0.3) is 0 Å². The van der Waals surface area contributed by atoms with Crippen LogP contribution in [0.5, 0.6) is 5.75 Å². The van der Waals surface area contributed by atoms with Crippen molar-refractivity contribution in [2.45, 2.75) is 46.0 Å².